The molecule has 1 aromatic heterocycles. The van der Waals surface area contributed by atoms with Gasteiger partial charge in [0.05, 0.1) is 10.7 Å². The van der Waals surface area contributed by atoms with Crippen molar-refractivity contribution in [3.63, 3.8) is 0 Å². The second kappa shape index (κ2) is 4.61. The Labute approximate surface area is 113 Å². The molecule has 1 N–H and O–H groups in total. The van der Waals surface area contributed by atoms with Gasteiger partial charge in [0, 0.05) is 17.8 Å². The zero-order chi connectivity index (χ0) is 12.5. The molecule has 0 bridgehead atoms. The molecule has 4 heteroatoms. The van der Waals surface area contributed by atoms with Gasteiger partial charge in [0.2, 0.25) is 5.78 Å². The molecule has 0 atom stereocenters. The highest BCUT2D eigenvalue weighted by Crippen LogP contribution is 2.29. The van der Waals surface area contributed by atoms with E-state index in [1.165, 1.54) is 6.26 Å². The first-order valence-electron chi connectivity index (χ1n) is 5.91. The molecule has 0 saturated carbocycles. The van der Waals surface area contributed by atoms with Gasteiger partial charge in [0.25, 0.3) is 0 Å². The van der Waals surface area contributed by atoms with Gasteiger partial charge in [-0.05, 0) is 46.5 Å². The third kappa shape index (κ3) is 1.86. The molecular formula is C14H12BrNO2. The molecule has 1 aliphatic heterocycles. The van der Waals surface area contributed by atoms with Gasteiger partial charge in [-0.25, -0.2) is 0 Å². The van der Waals surface area contributed by atoms with Crippen molar-refractivity contribution in [2.24, 2.45) is 0 Å². The minimum Gasteiger partial charge on any atom is -0.460 e. The molecule has 0 aliphatic carbocycles. The minimum absolute atomic E-state index is 0.0626. The van der Waals surface area contributed by atoms with Gasteiger partial charge in [-0.15, -0.1) is 0 Å². The Hall–Kier alpha value is -1.55. The van der Waals surface area contributed by atoms with Gasteiger partial charge in [-0.2, -0.15) is 0 Å². The lowest BCUT2D eigenvalue weighted by Crippen LogP contribution is -2.15. The van der Waals surface area contributed by atoms with Crippen LogP contribution in [0.2, 0.25) is 0 Å². The second-order valence-corrected chi connectivity index (χ2v) is 5.14. The van der Waals surface area contributed by atoms with Crippen LogP contribution in [0.1, 0.15) is 28.1 Å². The van der Waals surface area contributed by atoms with E-state index in [9.17, 15) is 4.79 Å². The van der Waals surface area contributed by atoms with Crippen LogP contribution in [0, 0.1) is 0 Å². The van der Waals surface area contributed by atoms with Gasteiger partial charge >= 0.3 is 0 Å². The van der Waals surface area contributed by atoms with Crippen molar-refractivity contribution in [1.82, 2.24) is 0 Å². The van der Waals surface area contributed by atoms with Gasteiger partial charge in [-0.3, -0.25) is 4.79 Å². The zero-order valence-corrected chi connectivity index (χ0v) is 11.3. The summed E-state index contributed by atoms with van der Waals surface area (Å²) in [6.07, 6.45) is 3.50. The standard InChI is InChI=1S/C14H12BrNO2/c15-11-6-8-18-14(11)13(17)10-3-1-5-12-9(10)4-2-7-16-12/h1,3,5-6,8,16H,2,4,7H2. The first-order valence-corrected chi connectivity index (χ1v) is 6.70. The van der Waals surface area contributed by atoms with Crippen molar-refractivity contribution in [3.8, 4) is 0 Å². The average molecular weight is 306 g/mol. The third-order valence-corrected chi connectivity index (χ3v) is 3.79. The molecule has 0 spiro atoms. The topological polar surface area (TPSA) is 42.2 Å². The normalized spacial score (nSPS) is 13.8. The summed E-state index contributed by atoms with van der Waals surface area (Å²) in [6.45, 7) is 0.967. The van der Waals surface area contributed by atoms with E-state index < -0.39 is 0 Å². The van der Waals surface area contributed by atoms with Gasteiger partial charge in [0.1, 0.15) is 0 Å². The van der Waals surface area contributed by atoms with Crippen LogP contribution in [0.3, 0.4) is 0 Å². The molecule has 0 saturated heterocycles. The number of carbonyl (C=O) groups excluding carboxylic acids is 1. The number of carbonyl (C=O) groups is 1. The Balaban J connectivity index is 2.07. The van der Waals surface area contributed by atoms with Crippen molar-refractivity contribution in [2.45, 2.75) is 12.8 Å². The van der Waals surface area contributed by atoms with Crippen molar-refractivity contribution in [3.05, 3.63) is 51.9 Å². The van der Waals surface area contributed by atoms with Crippen molar-refractivity contribution in [1.29, 1.82) is 0 Å². The highest BCUT2D eigenvalue weighted by Gasteiger charge is 2.22. The SMILES string of the molecule is O=C(c1cccc2c1CCCN2)c1occc1Br. The van der Waals surface area contributed by atoms with Crippen molar-refractivity contribution in [2.75, 3.05) is 11.9 Å². The Morgan fingerprint density at radius 3 is 3.00 bits per heavy atom. The number of nitrogens with one attached hydrogen (secondary N) is 1. The summed E-state index contributed by atoms with van der Waals surface area (Å²) in [6, 6.07) is 7.52. The van der Waals surface area contributed by atoms with Crippen LogP contribution < -0.4 is 5.32 Å². The minimum atomic E-state index is -0.0626. The van der Waals surface area contributed by atoms with E-state index in [2.05, 4.69) is 21.2 Å². The molecule has 18 heavy (non-hydrogen) atoms. The van der Waals surface area contributed by atoms with Crippen LogP contribution in [0.4, 0.5) is 5.69 Å². The predicted octanol–water partition coefficient (Wildman–Crippen LogP) is 3.63. The summed E-state index contributed by atoms with van der Waals surface area (Å²) >= 11 is 3.33. The smallest absolute Gasteiger partial charge is 0.229 e. The van der Waals surface area contributed by atoms with Crippen LogP contribution in [0.25, 0.3) is 0 Å². The number of furan rings is 1. The van der Waals surface area contributed by atoms with E-state index in [4.69, 9.17) is 4.42 Å². The molecular weight excluding hydrogens is 294 g/mol. The fourth-order valence-electron chi connectivity index (χ4n) is 2.30. The van der Waals surface area contributed by atoms with Gasteiger partial charge in [-0.1, -0.05) is 12.1 Å². The molecule has 1 aromatic carbocycles. The summed E-state index contributed by atoms with van der Waals surface area (Å²) in [5.74, 6) is 0.307. The molecule has 2 aromatic rings. The van der Waals surface area contributed by atoms with Crippen LogP contribution in [-0.2, 0) is 6.42 Å². The zero-order valence-electron chi connectivity index (χ0n) is 9.70. The van der Waals surface area contributed by atoms with Crippen LogP contribution in [0.5, 0.6) is 0 Å². The number of hydrogen-bond donors (Lipinski definition) is 1. The number of anilines is 1. The van der Waals surface area contributed by atoms with Crippen LogP contribution in [0.15, 0.2) is 39.4 Å². The summed E-state index contributed by atoms with van der Waals surface area (Å²) in [7, 11) is 0. The third-order valence-electron chi connectivity index (χ3n) is 3.16. The number of ketones is 1. The molecule has 92 valence electrons. The first-order chi connectivity index (χ1) is 8.77. The Morgan fingerprint density at radius 2 is 2.22 bits per heavy atom. The Morgan fingerprint density at radius 1 is 1.33 bits per heavy atom. The molecule has 0 unspecified atom stereocenters. The van der Waals surface area contributed by atoms with E-state index in [1.807, 2.05) is 18.2 Å². The lowest BCUT2D eigenvalue weighted by molar-refractivity contribution is 0.101. The first kappa shape index (κ1) is 11.5. The number of hydrogen-bond acceptors (Lipinski definition) is 3. The summed E-state index contributed by atoms with van der Waals surface area (Å²) < 4.78 is 5.96. The number of fused-ring (bicyclic) bond motifs is 1. The van der Waals surface area contributed by atoms with Crippen molar-refractivity contribution < 1.29 is 9.21 Å². The van der Waals surface area contributed by atoms with E-state index in [-0.39, 0.29) is 5.78 Å². The fraction of sp³-hybridized carbons (Fsp3) is 0.214. The molecule has 2 heterocycles. The summed E-state index contributed by atoms with van der Waals surface area (Å²) in [4.78, 5) is 12.4. The van der Waals surface area contributed by atoms with Gasteiger partial charge in [0.15, 0.2) is 5.76 Å². The second-order valence-electron chi connectivity index (χ2n) is 4.29. The quantitative estimate of drug-likeness (QED) is 0.862. The fourth-order valence-corrected chi connectivity index (χ4v) is 2.68. The Bertz CT molecular complexity index is 604. The summed E-state index contributed by atoms with van der Waals surface area (Å²) in [5, 5.41) is 3.32. The highest BCUT2D eigenvalue weighted by molar-refractivity contribution is 9.10. The van der Waals surface area contributed by atoms with Crippen LogP contribution >= 0.6 is 15.9 Å². The number of rotatable bonds is 2. The summed E-state index contributed by atoms with van der Waals surface area (Å²) in [5.41, 5.74) is 2.89. The van der Waals surface area contributed by atoms with E-state index in [1.54, 1.807) is 6.07 Å². The maximum absolute atomic E-state index is 12.4. The molecule has 1 aliphatic rings. The number of halogens is 1. The Kier molecular flexibility index (Phi) is 2.96. The van der Waals surface area contributed by atoms with E-state index in [0.717, 1.165) is 36.2 Å². The maximum atomic E-state index is 12.4. The molecule has 0 fully saturated rings. The maximum Gasteiger partial charge on any atom is 0.229 e. The van der Waals surface area contributed by atoms with Crippen molar-refractivity contribution >= 4 is 27.4 Å². The van der Waals surface area contributed by atoms with Crippen LogP contribution in [-0.4, -0.2) is 12.3 Å². The van der Waals surface area contributed by atoms with Gasteiger partial charge < -0.3 is 9.73 Å². The molecule has 3 rings (SSSR count). The largest absolute Gasteiger partial charge is 0.460 e. The average Bonchev–Trinajstić information content (AvgIpc) is 2.83. The monoisotopic (exact) mass is 305 g/mol. The van der Waals surface area contributed by atoms with E-state index >= 15 is 0 Å². The molecule has 0 radical (unpaired) electrons. The highest BCUT2D eigenvalue weighted by atomic mass is 79.9. The predicted molar refractivity (Wildman–Crippen MR) is 73.1 cm³/mol. The lowest BCUT2D eigenvalue weighted by Gasteiger charge is -2.20. The molecule has 0 amide bonds. The lowest BCUT2D eigenvalue weighted by atomic mass is 9.94. The number of benzene rings is 1. The van der Waals surface area contributed by atoms with E-state index in [0.29, 0.717) is 10.2 Å². The molecule has 3 nitrogen and oxygen atoms in total.